The Labute approximate surface area is 98.0 Å². The van der Waals surface area contributed by atoms with Crippen LogP contribution in [-0.4, -0.2) is 17.7 Å². The number of rotatable bonds is 5. The van der Waals surface area contributed by atoms with Gasteiger partial charge < -0.3 is 9.84 Å². The average Bonchev–Trinajstić information content (AvgIpc) is 2.15. The first-order valence-electron chi connectivity index (χ1n) is 5.13. The minimum absolute atomic E-state index is 0.0590. The van der Waals surface area contributed by atoms with Gasteiger partial charge in [0, 0.05) is 18.2 Å². The van der Waals surface area contributed by atoms with Crippen LogP contribution in [0.25, 0.3) is 0 Å². The quantitative estimate of drug-likeness (QED) is 0.866. The maximum absolute atomic E-state index is 12.8. The van der Waals surface area contributed by atoms with Crippen molar-refractivity contribution in [2.75, 3.05) is 6.61 Å². The molecule has 5 heteroatoms. The van der Waals surface area contributed by atoms with Crippen LogP contribution >= 0.6 is 0 Å². The monoisotopic (exact) mass is 244 g/mol. The van der Waals surface area contributed by atoms with Crippen LogP contribution in [0, 0.1) is 17.0 Å². The summed E-state index contributed by atoms with van der Waals surface area (Å²) in [5, 5.41) is 8.85. The number of ether oxygens (including phenoxy) is 1. The molecule has 0 aromatic heterocycles. The van der Waals surface area contributed by atoms with Crippen LogP contribution in [0.2, 0.25) is 0 Å². The van der Waals surface area contributed by atoms with E-state index in [1.807, 2.05) is 0 Å². The van der Waals surface area contributed by atoms with Crippen LogP contribution in [0.5, 0.6) is 5.75 Å². The number of benzene rings is 1. The van der Waals surface area contributed by atoms with Crippen molar-refractivity contribution in [1.29, 1.82) is 0 Å². The second-order valence-corrected chi connectivity index (χ2v) is 4.39. The van der Waals surface area contributed by atoms with Crippen LogP contribution in [0.15, 0.2) is 18.2 Å². The topological polar surface area (TPSA) is 46.5 Å². The van der Waals surface area contributed by atoms with Crippen LogP contribution in [0.4, 0.5) is 8.78 Å². The summed E-state index contributed by atoms with van der Waals surface area (Å²) in [5.41, 5.74) is -0.925. The molecule has 0 unspecified atom stereocenters. The molecule has 0 amide bonds. The maximum atomic E-state index is 12.8. The summed E-state index contributed by atoms with van der Waals surface area (Å²) in [7, 11) is 0. The lowest BCUT2D eigenvalue weighted by Crippen LogP contribution is -2.25. The Morgan fingerprint density at radius 1 is 1.29 bits per heavy atom. The van der Waals surface area contributed by atoms with Gasteiger partial charge in [-0.05, 0) is 20.3 Å². The first-order chi connectivity index (χ1) is 7.81. The molecule has 0 aliphatic rings. The predicted octanol–water partition coefficient (Wildman–Crippen LogP) is 2.84. The Bertz CT molecular complexity index is 396. The molecule has 1 N–H and O–H groups in total. The van der Waals surface area contributed by atoms with Gasteiger partial charge in [-0.3, -0.25) is 4.79 Å². The molecule has 0 radical (unpaired) electrons. The standard InChI is InChI=1S/C12H14F2O3/c1-12(2,11(15)16)3-4-17-10-6-8(13)5-9(14)7-10/h5-7H,3-4H2,1-2H3,(H,15,16). The molecule has 0 aliphatic heterocycles. The molecule has 0 heterocycles. The van der Waals surface area contributed by atoms with Crippen molar-refractivity contribution in [3.05, 3.63) is 29.8 Å². The van der Waals surface area contributed by atoms with E-state index in [0.717, 1.165) is 18.2 Å². The largest absolute Gasteiger partial charge is 0.493 e. The van der Waals surface area contributed by atoms with Crippen molar-refractivity contribution in [2.24, 2.45) is 5.41 Å². The van der Waals surface area contributed by atoms with Gasteiger partial charge in [-0.1, -0.05) is 0 Å². The second-order valence-electron chi connectivity index (χ2n) is 4.39. The van der Waals surface area contributed by atoms with Gasteiger partial charge in [0.05, 0.1) is 12.0 Å². The summed E-state index contributed by atoms with van der Waals surface area (Å²) in [6.07, 6.45) is 0.250. The molecule has 0 spiro atoms. The minimum atomic E-state index is -0.938. The number of carboxylic acids is 1. The molecule has 0 fully saturated rings. The van der Waals surface area contributed by atoms with E-state index >= 15 is 0 Å². The molecule has 1 aromatic rings. The minimum Gasteiger partial charge on any atom is -0.493 e. The van der Waals surface area contributed by atoms with Crippen molar-refractivity contribution in [3.8, 4) is 5.75 Å². The SMILES string of the molecule is CC(C)(CCOc1cc(F)cc(F)c1)C(=O)O. The molecule has 0 bridgehead atoms. The average molecular weight is 244 g/mol. The molecule has 0 atom stereocenters. The molecule has 0 saturated carbocycles. The summed E-state index contributed by atoms with van der Waals surface area (Å²) in [5.74, 6) is -2.33. The predicted molar refractivity (Wildman–Crippen MR) is 57.9 cm³/mol. The number of hydrogen-bond donors (Lipinski definition) is 1. The van der Waals surface area contributed by atoms with Gasteiger partial charge in [-0.2, -0.15) is 0 Å². The highest BCUT2D eigenvalue weighted by molar-refractivity contribution is 5.73. The molecular weight excluding hydrogens is 230 g/mol. The lowest BCUT2D eigenvalue weighted by Gasteiger charge is -2.18. The van der Waals surface area contributed by atoms with Gasteiger partial charge in [0.1, 0.15) is 17.4 Å². The third-order valence-corrected chi connectivity index (χ3v) is 2.41. The molecule has 17 heavy (non-hydrogen) atoms. The second kappa shape index (κ2) is 5.12. The summed E-state index contributed by atoms with van der Waals surface area (Å²) in [6.45, 7) is 3.21. The van der Waals surface area contributed by atoms with Gasteiger partial charge in [-0.15, -0.1) is 0 Å². The Balaban J connectivity index is 2.54. The van der Waals surface area contributed by atoms with Gasteiger partial charge in [0.25, 0.3) is 0 Å². The Morgan fingerprint density at radius 3 is 2.29 bits per heavy atom. The van der Waals surface area contributed by atoms with Crippen molar-refractivity contribution < 1.29 is 23.4 Å². The highest BCUT2D eigenvalue weighted by atomic mass is 19.1. The van der Waals surface area contributed by atoms with Crippen molar-refractivity contribution in [1.82, 2.24) is 0 Å². The van der Waals surface area contributed by atoms with E-state index in [0.29, 0.717) is 0 Å². The van der Waals surface area contributed by atoms with Crippen LogP contribution < -0.4 is 4.74 Å². The number of hydrogen-bond acceptors (Lipinski definition) is 2. The fourth-order valence-electron chi connectivity index (χ4n) is 1.14. The molecule has 1 rings (SSSR count). The molecular formula is C12H14F2O3. The van der Waals surface area contributed by atoms with Crippen molar-refractivity contribution in [2.45, 2.75) is 20.3 Å². The van der Waals surface area contributed by atoms with E-state index in [1.54, 1.807) is 13.8 Å². The first-order valence-corrected chi connectivity index (χ1v) is 5.13. The zero-order valence-electron chi connectivity index (χ0n) is 9.67. The van der Waals surface area contributed by atoms with E-state index in [4.69, 9.17) is 9.84 Å². The van der Waals surface area contributed by atoms with Gasteiger partial charge in [0.2, 0.25) is 0 Å². The van der Waals surface area contributed by atoms with Crippen LogP contribution in [0.1, 0.15) is 20.3 Å². The van der Waals surface area contributed by atoms with E-state index in [2.05, 4.69) is 0 Å². The summed E-state index contributed by atoms with van der Waals surface area (Å²) >= 11 is 0. The van der Waals surface area contributed by atoms with Crippen LogP contribution in [-0.2, 0) is 4.79 Å². The lowest BCUT2D eigenvalue weighted by molar-refractivity contribution is -0.147. The Hall–Kier alpha value is -1.65. The summed E-state index contributed by atoms with van der Waals surface area (Å²) < 4.78 is 30.7. The Morgan fingerprint density at radius 2 is 1.82 bits per heavy atom. The molecule has 0 saturated heterocycles. The van der Waals surface area contributed by atoms with Gasteiger partial charge >= 0.3 is 5.97 Å². The highest BCUT2D eigenvalue weighted by Gasteiger charge is 2.26. The van der Waals surface area contributed by atoms with E-state index in [9.17, 15) is 13.6 Å². The third-order valence-electron chi connectivity index (χ3n) is 2.41. The summed E-state index contributed by atoms with van der Waals surface area (Å²) in [4.78, 5) is 10.8. The normalized spacial score (nSPS) is 11.3. The summed E-state index contributed by atoms with van der Waals surface area (Å²) in [6, 6.07) is 2.85. The lowest BCUT2D eigenvalue weighted by atomic mass is 9.90. The van der Waals surface area contributed by atoms with Crippen LogP contribution in [0.3, 0.4) is 0 Å². The van der Waals surface area contributed by atoms with Crippen molar-refractivity contribution in [3.63, 3.8) is 0 Å². The fraction of sp³-hybridized carbons (Fsp3) is 0.417. The van der Waals surface area contributed by atoms with E-state index in [1.165, 1.54) is 0 Å². The smallest absolute Gasteiger partial charge is 0.309 e. The molecule has 3 nitrogen and oxygen atoms in total. The molecule has 0 aliphatic carbocycles. The number of aliphatic carboxylic acids is 1. The fourth-order valence-corrected chi connectivity index (χ4v) is 1.14. The zero-order chi connectivity index (χ0) is 13.1. The molecule has 1 aromatic carbocycles. The van der Waals surface area contributed by atoms with E-state index in [-0.39, 0.29) is 18.8 Å². The highest BCUT2D eigenvalue weighted by Crippen LogP contribution is 2.22. The van der Waals surface area contributed by atoms with Gasteiger partial charge in [-0.25, -0.2) is 8.78 Å². The third kappa shape index (κ3) is 4.01. The zero-order valence-corrected chi connectivity index (χ0v) is 9.67. The number of carboxylic acid groups (broad SMARTS) is 1. The molecule has 94 valence electrons. The van der Waals surface area contributed by atoms with E-state index < -0.39 is 23.0 Å². The van der Waals surface area contributed by atoms with Gasteiger partial charge in [0.15, 0.2) is 0 Å². The number of carbonyl (C=O) groups is 1. The first kappa shape index (κ1) is 13.4. The maximum Gasteiger partial charge on any atom is 0.309 e. The number of halogens is 2. The Kier molecular flexibility index (Phi) is 4.04. The van der Waals surface area contributed by atoms with Crippen molar-refractivity contribution >= 4 is 5.97 Å².